The van der Waals surface area contributed by atoms with Gasteiger partial charge < -0.3 is 20.1 Å². The minimum absolute atomic E-state index is 0.0997. The van der Waals surface area contributed by atoms with E-state index in [1.165, 1.54) is 5.56 Å². The number of piperidine rings is 1. The van der Waals surface area contributed by atoms with Gasteiger partial charge in [-0.2, -0.15) is 0 Å². The molecule has 0 aliphatic carbocycles. The van der Waals surface area contributed by atoms with Crippen LogP contribution in [0.25, 0.3) is 0 Å². The maximum atomic E-state index is 12.7. The lowest BCUT2D eigenvalue weighted by molar-refractivity contribution is -0.140. The van der Waals surface area contributed by atoms with Crippen molar-refractivity contribution >= 4 is 11.6 Å². The summed E-state index contributed by atoms with van der Waals surface area (Å²) in [6.07, 6.45) is 1.33. The van der Waals surface area contributed by atoms with Crippen molar-refractivity contribution in [2.24, 2.45) is 0 Å². The van der Waals surface area contributed by atoms with E-state index in [2.05, 4.69) is 29.7 Å². The number of benzene rings is 2. The van der Waals surface area contributed by atoms with Crippen LogP contribution in [0.1, 0.15) is 24.0 Å². The fourth-order valence-electron chi connectivity index (χ4n) is 3.23. The lowest BCUT2D eigenvalue weighted by Crippen LogP contribution is -2.51. The number of ether oxygens (including phenoxy) is 2. The zero-order chi connectivity index (χ0) is 18.4. The van der Waals surface area contributed by atoms with Gasteiger partial charge in [-0.25, -0.2) is 0 Å². The summed E-state index contributed by atoms with van der Waals surface area (Å²) in [6.45, 7) is 4.11. The smallest absolute Gasteiger partial charge is 0.256 e. The molecule has 1 saturated heterocycles. The number of carbonyl (C=O) groups is 1. The Morgan fingerprint density at radius 2 is 1.92 bits per heavy atom. The summed E-state index contributed by atoms with van der Waals surface area (Å²) in [5.74, 6) is 0.624. The van der Waals surface area contributed by atoms with Crippen LogP contribution >= 0.6 is 0 Å². The second-order valence-corrected chi connectivity index (χ2v) is 6.71. The van der Waals surface area contributed by atoms with Crippen molar-refractivity contribution in [2.75, 3.05) is 25.5 Å². The lowest BCUT2D eigenvalue weighted by atomic mass is 9.91. The Kier molecular flexibility index (Phi) is 5.91. The van der Waals surface area contributed by atoms with E-state index in [1.807, 2.05) is 36.4 Å². The molecule has 0 saturated carbocycles. The van der Waals surface area contributed by atoms with E-state index in [1.54, 1.807) is 7.11 Å². The molecular formula is C21H26N2O3. The SMILES string of the molecule is COC1(C(=O)Nc2cccc(OCc3cccc(C)c3)c2)CCNCC1. The molecule has 0 unspecified atom stereocenters. The zero-order valence-electron chi connectivity index (χ0n) is 15.4. The Morgan fingerprint density at radius 1 is 1.15 bits per heavy atom. The first-order valence-electron chi connectivity index (χ1n) is 8.97. The first kappa shape index (κ1) is 18.4. The fourth-order valence-corrected chi connectivity index (χ4v) is 3.23. The van der Waals surface area contributed by atoms with Gasteiger partial charge in [0, 0.05) is 18.9 Å². The van der Waals surface area contributed by atoms with Crippen LogP contribution in [0.4, 0.5) is 5.69 Å². The summed E-state index contributed by atoms with van der Waals surface area (Å²) in [5.41, 5.74) is 2.28. The Bertz CT molecular complexity index is 754. The summed E-state index contributed by atoms with van der Waals surface area (Å²) >= 11 is 0. The number of anilines is 1. The third kappa shape index (κ3) is 4.42. The summed E-state index contributed by atoms with van der Waals surface area (Å²) in [7, 11) is 1.60. The van der Waals surface area contributed by atoms with Gasteiger partial charge in [-0.05, 0) is 50.6 Å². The Balaban J connectivity index is 1.64. The first-order chi connectivity index (χ1) is 12.6. The fraction of sp³-hybridized carbons (Fsp3) is 0.381. The van der Waals surface area contributed by atoms with Gasteiger partial charge in [0.2, 0.25) is 0 Å². The van der Waals surface area contributed by atoms with E-state index < -0.39 is 5.60 Å². The molecule has 0 radical (unpaired) electrons. The van der Waals surface area contributed by atoms with E-state index in [9.17, 15) is 4.79 Å². The number of hydrogen-bond acceptors (Lipinski definition) is 4. The molecule has 2 aromatic rings. The first-order valence-corrected chi connectivity index (χ1v) is 8.97. The van der Waals surface area contributed by atoms with Crippen LogP contribution in [0.2, 0.25) is 0 Å². The third-order valence-electron chi connectivity index (χ3n) is 4.80. The topological polar surface area (TPSA) is 59.6 Å². The minimum atomic E-state index is -0.760. The standard InChI is InChI=1S/C21H26N2O3/c1-16-5-3-6-17(13-16)15-26-19-8-4-7-18(14-19)23-20(24)21(25-2)9-11-22-12-10-21/h3-8,13-14,22H,9-12,15H2,1-2H3,(H,23,24). The van der Waals surface area contributed by atoms with Crippen LogP contribution < -0.4 is 15.4 Å². The van der Waals surface area contributed by atoms with Crippen molar-refractivity contribution < 1.29 is 14.3 Å². The molecular weight excluding hydrogens is 328 g/mol. The molecule has 1 amide bonds. The molecule has 2 aromatic carbocycles. The van der Waals surface area contributed by atoms with Crippen LogP contribution in [-0.4, -0.2) is 31.7 Å². The molecule has 2 N–H and O–H groups in total. The maximum absolute atomic E-state index is 12.7. The molecule has 1 aliphatic heterocycles. The van der Waals surface area contributed by atoms with E-state index in [0.29, 0.717) is 25.1 Å². The number of nitrogens with one attached hydrogen (secondary N) is 2. The molecule has 0 atom stereocenters. The lowest BCUT2D eigenvalue weighted by Gasteiger charge is -2.34. The Morgan fingerprint density at radius 3 is 2.65 bits per heavy atom. The molecule has 1 fully saturated rings. The van der Waals surface area contributed by atoms with Crippen LogP contribution in [0.3, 0.4) is 0 Å². The molecule has 26 heavy (non-hydrogen) atoms. The molecule has 3 rings (SSSR count). The monoisotopic (exact) mass is 354 g/mol. The van der Waals surface area contributed by atoms with Gasteiger partial charge in [-0.1, -0.05) is 35.9 Å². The number of amides is 1. The normalized spacial score (nSPS) is 16.1. The van der Waals surface area contributed by atoms with E-state index in [0.717, 1.165) is 24.4 Å². The quantitative estimate of drug-likeness (QED) is 0.836. The molecule has 1 heterocycles. The highest BCUT2D eigenvalue weighted by Crippen LogP contribution is 2.26. The van der Waals surface area contributed by atoms with Crippen LogP contribution in [-0.2, 0) is 16.1 Å². The van der Waals surface area contributed by atoms with Crippen molar-refractivity contribution in [1.29, 1.82) is 0 Å². The van der Waals surface area contributed by atoms with Gasteiger partial charge >= 0.3 is 0 Å². The van der Waals surface area contributed by atoms with Gasteiger partial charge in [0.1, 0.15) is 18.0 Å². The average Bonchev–Trinajstić information content (AvgIpc) is 2.67. The van der Waals surface area contributed by atoms with E-state index in [-0.39, 0.29) is 5.91 Å². The number of hydrogen-bond donors (Lipinski definition) is 2. The summed E-state index contributed by atoms with van der Waals surface area (Å²) in [4.78, 5) is 12.7. The highest BCUT2D eigenvalue weighted by Gasteiger charge is 2.39. The molecule has 5 nitrogen and oxygen atoms in total. The maximum Gasteiger partial charge on any atom is 0.256 e. The van der Waals surface area contributed by atoms with Gasteiger partial charge in [-0.15, -0.1) is 0 Å². The van der Waals surface area contributed by atoms with Crippen molar-refractivity contribution in [2.45, 2.75) is 32.0 Å². The highest BCUT2D eigenvalue weighted by molar-refractivity contribution is 5.97. The van der Waals surface area contributed by atoms with Gasteiger partial charge in [0.15, 0.2) is 0 Å². The molecule has 0 spiro atoms. The van der Waals surface area contributed by atoms with Crippen molar-refractivity contribution in [1.82, 2.24) is 5.32 Å². The summed E-state index contributed by atoms with van der Waals surface area (Å²) < 4.78 is 11.4. The second-order valence-electron chi connectivity index (χ2n) is 6.71. The molecule has 0 bridgehead atoms. The van der Waals surface area contributed by atoms with E-state index in [4.69, 9.17) is 9.47 Å². The number of methoxy groups -OCH3 is 1. The zero-order valence-corrected chi connectivity index (χ0v) is 15.4. The Hall–Kier alpha value is -2.37. The highest BCUT2D eigenvalue weighted by atomic mass is 16.5. The molecule has 138 valence electrons. The van der Waals surface area contributed by atoms with Crippen molar-refractivity contribution in [3.05, 3.63) is 59.7 Å². The number of carbonyl (C=O) groups excluding carboxylic acids is 1. The summed E-state index contributed by atoms with van der Waals surface area (Å²) in [5, 5.41) is 6.24. The summed E-state index contributed by atoms with van der Waals surface area (Å²) in [6, 6.07) is 15.7. The van der Waals surface area contributed by atoms with E-state index >= 15 is 0 Å². The molecule has 1 aliphatic rings. The third-order valence-corrected chi connectivity index (χ3v) is 4.80. The average molecular weight is 354 g/mol. The van der Waals surface area contributed by atoms with Crippen LogP contribution in [0, 0.1) is 6.92 Å². The number of aryl methyl sites for hydroxylation is 1. The van der Waals surface area contributed by atoms with Crippen molar-refractivity contribution in [3.63, 3.8) is 0 Å². The molecule has 5 heteroatoms. The van der Waals surface area contributed by atoms with Crippen LogP contribution in [0.5, 0.6) is 5.75 Å². The Labute approximate surface area is 154 Å². The minimum Gasteiger partial charge on any atom is -0.489 e. The largest absolute Gasteiger partial charge is 0.489 e. The van der Waals surface area contributed by atoms with Crippen molar-refractivity contribution in [3.8, 4) is 5.75 Å². The molecule has 0 aromatic heterocycles. The van der Waals surface area contributed by atoms with Gasteiger partial charge in [-0.3, -0.25) is 4.79 Å². The second kappa shape index (κ2) is 8.34. The van der Waals surface area contributed by atoms with Gasteiger partial charge in [0.25, 0.3) is 5.91 Å². The van der Waals surface area contributed by atoms with Gasteiger partial charge in [0.05, 0.1) is 0 Å². The number of rotatable bonds is 6. The predicted octanol–water partition coefficient (Wildman–Crippen LogP) is 3.28. The van der Waals surface area contributed by atoms with Crippen LogP contribution in [0.15, 0.2) is 48.5 Å². The predicted molar refractivity (Wildman–Crippen MR) is 102 cm³/mol.